The number of rotatable bonds is 5. The van der Waals surface area contributed by atoms with Crippen LogP contribution in [0.1, 0.15) is 11.1 Å². The van der Waals surface area contributed by atoms with E-state index >= 15 is 0 Å². The van der Waals surface area contributed by atoms with E-state index in [0.717, 1.165) is 21.6 Å². The van der Waals surface area contributed by atoms with Crippen molar-refractivity contribution < 1.29 is 8.42 Å². The summed E-state index contributed by atoms with van der Waals surface area (Å²) in [6.45, 7) is 2.19. The SMILES string of the molecule is Cc1c(-c2ccccc2)sc2ncn(Cc3cccc(S(=O)(=O)N(C)C)c3)c(=O)c12. The Morgan fingerprint density at radius 1 is 1.07 bits per heavy atom. The van der Waals surface area contributed by atoms with E-state index < -0.39 is 10.0 Å². The number of fused-ring (bicyclic) bond motifs is 1. The molecule has 0 bridgehead atoms. The molecule has 154 valence electrons. The Morgan fingerprint density at radius 2 is 1.80 bits per heavy atom. The zero-order chi connectivity index (χ0) is 21.5. The number of thiophene rings is 1. The number of aryl methyl sites for hydroxylation is 1. The predicted molar refractivity (Wildman–Crippen MR) is 120 cm³/mol. The first-order chi connectivity index (χ1) is 14.3. The van der Waals surface area contributed by atoms with Crippen LogP contribution >= 0.6 is 11.3 Å². The molecule has 8 heteroatoms. The fourth-order valence-corrected chi connectivity index (χ4v) is 5.47. The Balaban J connectivity index is 1.76. The highest BCUT2D eigenvalue weighted by molar-refractivity contribution is 7.89. The van der Waals surface area contributed by atoms with Crippen molar-refractivity contribution in [3.63, 3.8) is 0 Å². The molecule has 0 saturated heterocycles. The van der Waals surface area contributed by atoms with Gasteiger partial charge in [0.1, 0.15) is 4.83 Å². The maximum Gasteiger partial charge on any atom is 0.262 e. The van der Waals surface area contributed by atoms with Crippen LogP contribution < -0.4 is 5.56 Å². The number of hydrogen-bond donors (Lipinski definition) is 0. The molecule has 0 amide bonds. The lowest BCUT2D eigenvalue weighted by molar-refractivity contribution is 0.520. The zero-order valence-corrected chi connectivity index (χ0v) is 18.5. The van der Waals surface area contributed by atoms with Crippen LogP contribution in [-0.2, 0) is 16.6 Å². The van der Waals surface area contributed by atoms with Crippen molar-refractivity contribution >= 4 is 31.6 Å². The fourth-order valence-electron chi connectivity index (χ4n) is 3.35. The third-order valence-electron chi connectivity index (χ3n) is 4.98. The minimum atomic E-state index is -3.54. The molecule has 30 heavy (non-hydrogen) atoms. The minimum absolute atomic E-state index is 0.128. The van der Waals surface area contributed by atoms with Crippen molar-refractivity contribution in [2.45, 2.75) is 18.4 Å². The molecule has 2 heterocycles. The first-order valence-electron chi connectivity index (χ1n) is 9.34. The third-order valence-corrected chi connectivity index (χ3v) is 8.04. The summed E-state index contributed by atoms with van der Waals surface area (Å²) in [4.78, 5) is 19.6. The van der Waals surface area contributed by atoms with Gasteiger partial charge >= 0.3 is 0 Å². The molecule has 4 rings (SSSR count). The molecule has 0 N–H and O–H groups in total. The van der Waals surface area contributed by atoms with Gasteiger partial charge in [0.2, 0.25) is 10.0 Å². The van der Waals surface area contributed by atoms with Crippen molar-refractivity contribution in [2.24, 2.45) is 0 Å². The van der Waals surface area contributed by atoms with Crippen LogP contribution in [0.4, 0.5) is 0 Å². The predicted octanol–water partition coefficient (Wildman–Crippen LogP) is 3.73. The lowest BCUT2D eigenvalue weighted by Gasteiger charge is -2.12. The molecule has 0 aliphatic carbocycles. The minimum Gasteiger partial charge on any atom is -0.294 e. The highest BCUT2D eigenvalue weighted by Gasteiger charge is 2.18. The second-order valence-electron chi connectivity index (χ2n) is 7.21. The summed E-state index contributed by atoms with van der Waals surface area (Å²) in [7, 11) is -0.550. The number of benzene rings is 2. The zero-order valence-electron chi connectivity index (χ0n) is 16.9. The average Bonchev–Trinajstić information content (AvgIpc) is 3.08. The van der Waals surface area contributed by atoms with E-state index in [-0.39, 0.29) is 17.0 Å². The van der Waals surface area contributed by atoms with Gasteiger partial charge in [-0.2, -0.15) is 0 Å². The summed E-state index contributed by atoms with van der Waals surface area (Å²) < 4.78 is 27.5. The first-order valence-corrected chi connectivity index (χ1v) is 11.6. The van der Waals surface area contributed by atoms with Crippen LogP contribution in [0.3, 0.4) is 0 Å². The van der Waals surface area contributed by atoms with Crippen LogP contribution in [0.15, 0.2) is 70.6 Å². The molecule has 0 saturated carbocycles. The van der Waals surface area contributed by atoms with E-state index in [1.165, 1.54) is 40.6 Å². The standard InChI is InChI=1S/C22H21N3O3S2/c1-15-19-21(29-20(15)17-9-5-4-6-10-17)23-14-25(22(19)26)13-16-8-7-11-18(12-16)30(27,28)24(2)3/h4-12,14H,13H2,1-3H3. The molecule has 2 aromatic carbocycles. The summed E-state index contributed by atoms with van der Waals surface area (Å²) in [6.07, 6.45) is 1.53. The van der Waals surface area contributed by atoms with Crippen molar-refractivity contribution in [1.82, 2.24) is 13.9 Å². The quantitative estimate of drug-likeness (QED) is 0.475. The second kappa shape index (κ2) is 7.79. The Hall–Kier alpha value is -2.81. The van der Waals surface area contributed by atoms with Gasteiger partial charge in [-0.15, -0.1) is 11.3 Å². The molecule has 0 atom stereocenters. The van der Waals surface area contributed by atoms with Crippen LogP contribution in [0.25, 0.3) is 20.7 Å². The summed E-state index contributed by atoms with van der Waals surface area (Å²) in [6, 6.07) is 16.6. The molecule has 0 unspecified atom stereocenters. The van der Waals surface area contributed by atoms with Crippen molar-refractivity contribution in [3.05, 3.63) is 82.4 Å². The lowest BCUT2D eigenvalue weighted by Crippen LogP contribution is -2.23. The van der Waals surface area contributed by atoms with Gasteiger partial charge < -0.3 is 0 Å². The molecule has 0 aliphatic heterocycles. The van der Waals surface area contributed by atoms with E-state index in [9.17, 15) is 13.2 Å². The second-order valence-corrected chi connectivity index (χ2v) is 10.4. The smallest absolute Gasteiger partial charge is 0.262 e. The Bertz CT molecular complexity index is 1390. The van der Waals surface area contributed by atoms with E-state index in [2.05, 4.69) is 4.98 Å². The largest absolute Gasteiger partial charge is 0.294 e. The normalized spacial score (nSPS) is 12.0. The van der Waals surface area contributed by atoms with Gasteiger partial charge in [0, 0.05) is 19.0 Å². The van der Waals surface area contributed by atoms with Crippen LogP contribution in [-0.4, -0.2) is 36.4 Å². The van der Waals surface area contributed by atoms with Gasteiger partial charge in [0.05, 0.1) is 23.2 Å². The first kappa shape index (κ1) is 20.5. The van der Waals surface area contributed by atoms with Crippen LogP contribution in [0, 0.1) is 6.92 Å². The van der Waals surface area contributed by atoms with E-state index in [4.69, 9.17) is 0 Å². The molecule has 0 aliphatic rings. The van der Waals surface area contributed by atoms with Crippen molar-refractivity contribution in [3.8, 4) is 10.4 Å². The lowest BCUT2D eigenvalue weighted by atomic mass is 10.1. The van der Waals surface area contributed by atoms with Crippen LogP contribution in [0.5, 0.6) is 0 Å². The maximum atomic E-state index is 13.2. The molecule has 0 radical (unpaired) electrons. The van der Waals surface area contributed by atoms with Crippen molar-refractivity contribution in [2.75, 3.05) is 14.1 Å². The molecular weight excluding hydrogens is 418 g/mol. The van der Waals surface area contributed by atoms with Gasteiger partial charge in [0.15, 0.2) is 0 Å². The topological polar surface area (TPSA) is 72.3 Å². The van der Waals surface area contributed by atoms with Gasteiger partial charge in [-0.1, -0.05) is 42.5 Å². The third kappa shape index (κ3) is 3.58. The molecule has 2 aromatic heterocycles. The molecule has 0 fully saturated rings. The fraction of sp³-hybridized carbons (Fsp3) is 0.182. The Labute approximate surface area is 179 Å². The van der Waals surface area contributed by atoms with Gasteiger partial charge in [0.25, 0.3) is 5.56 Å². The van der Waals surface area contributed by atoms with Crippen LogP contribution in [0.2, 0.25) is 0 Å². The molecule has 4 aromatic rings. The van der Waals surface area contributed by atoms with E-state index in [0.29, 0.717) is 10.2 Å². The highest BCUT2D eigenvalue weighted by atomic mass is 32.2. The molecule has 0 spiro atoms. The Morgan fingerprint density at radius 3 is 2.50 bits per heavy atom. The number of hydrogen-bond acceptors (Lipinski definition) is 5. The maximum absolute atomic E-state index is 13.2. The summed E-state index contributed by atoms with van der Waals surface area (Å²) in [5.41, 5.74) is 2.57. The Kier molecular flexibility index (Phi) is 5.31. The number of nitrogens with zero attached hydrogens (tertiary/aromatic N) is 3. The van der Waals surface area contributed by atoms with E-state index in [1.54, 1.807) is 24.3 Å². The summed E-state index contributed by atoms with van der Waals surface area (Å²) in [5.74, 6) is 0. The van der Waals surface area contributed by atoms with Gasteiger partial charge in [-0.3, -0.25) is 9.36 Å². The molecular formula is C22H21N3O3S2. The average molecular weight is 440 g/mol. The summed E-state index contributed by atoms with van der Waals surface area (Å²) >= 11 is 1.51. The van der Waals surface area contributed by atoms with Crippen molar-refractivity contribution in [1.29, 1.82) is 0 Å². The van der Waals surface area contributed by atoms with Gasteiger partial charge in [-0.05, 0) is 35.7 Å². The monoisotopic (exact) mass is 439 g/mol. The highest BCUT2D eigenvalue weighted by Crippen LogP contribution is 2.35. The van der Waals surface area contributed by atoms with E-state index in [1.807, 2.05) is 37.3 Å². The number of aromatic nitrogens is 2. The summed E-state index contributed by atoms with van der Waals surface area (Å²) in [5, 5.41) is 0.610. The number of sulfonamides is 1. The molecule has 6 nitrogen and oxygen atoms in total. The van der Waals surface area contributed by atoms with Gasteiger partial charge in [-0.25, -0.2) is 17.7 Å².